The maximum atomic E-state index is 5.50. The summed E-state index contributed by atoms with van der Waals surface area (Å²) in [6, 6.07) is 0. The van der Waals surface area contributed by atoms with Crippen LogP contribution in [0.1, 0.15) is 27.2 Å². The van der Waals surface area contributed by atoms with Gasteiger partial charge in [-0.15, -0.1) is 13.0 Å². The van der Waals surface area contributed by atoms with E-state index < -0.39 is 0 Å². The van der Waals surface area contributed by atoms with E-state index in [0.29, 0.717) is 17.3 Å². The van der Waals surface area contributed by atoms with E-state index in [4.69, 9.17) is 6.42 Å². The van der Waals surface area contributed by atoms with E-state index in [0.717, 1.165) is 6.42 Å². The van der Waals surface area contributed by atoms with Gasteiger partial charge in [0.05, 0.1) is 5.92 Å². The van der Waals surface area contributed by atoms with Crippen molar-refractivity contribution in [1.82, 2.24) is 0 Å². The fraction of sp³-hybridized carbons (Fsp3) is 0.571. The fourth-order valence-electron chi connectivity index (χ4n) is 2.13. The lowest BCUT2D eigenvalue weighted by Gasteiger charge is -2.04. The number of rotatable bonds is 2. The molecule has 0 heterocycles. The van der Waals surface area contributed by atoms with Gasteiger partial charge in [-0.3, -0.25) is 0 Å². The molecule has 74 valence electrons. The van der Waals surface area contributed by atoms with E-state index in [-0.39, 0.29) is 5.92 Å². The zero-order valence-corrected chi connectivity index (χ0v) is 9.30. The molecule has 0 nitrogen and oxygen atoms in total. The third-order valence-corrected chi connectivity index (χ3v) is 3.50. The van der Waals surface area contributed by atoms with Crippen LogP contribution in [0.2, 0.25) is 0 Å². The SMILES string of the molecule is C#CC(C#CCC=C)C1C(C)C1(C)C. The molecule has 0 radical (unpaired) electrons. The molecule has 0 heteroatoms. The van der Waals surface area contributed by atoms with Gasteiger partial charge in [0.2, 0.25) is 0 Å². The molecule has 1 aliphatic rings. The Morgan fingerprint density at radius 3 is 2.50 bits per heavy atom. The monoisotopic (exact) mass is 186 g/mol. The summed E-state index contributed by atoms with van der Waals surface area (Å²) >= 11 is 0. The summed E-state index contributed by atoms with van der Waals surface area (Å²) in [6.07, 6.45) is 8.04. The third kappa shape index (κ3) is 1.85. The quantitative estimate of drug-likeness (QED) is 0.459. The van der Waals surface area contributed by atoms with Gasteiger partial charge in [0, 0.05) is 6.42 Å². The average molecular weight is 186 g/mol. The Kier molecular flexibility index (Phi) is 3.07. The maximum Gasteiger partial charge on any atom is 0.0844 e. The number of hydrogen-bond donors (Lipinski definition) is 0. The first kappa shape index (κ1) is 10.9. The van der Waals surface area contributed by atoms with Crippen LogP contribution in [0.3, 0.4) is 0 Å². The molecule has 0 aromatic rings. The lowest BCUT2D eigenvalue weighted by atomic mass is 9.98. The van der Waals surface area contributed by atoms with E-state index in [1.807, 2.05) is 6.08 Å². The highest BCUT2D eigenvalue weighted by atomic mass is 14.6. The summed E-state index contributed by atoms with van der Waals surface area (Å²) in [5.41, 5.74) is 0.375. The molecular formula is C14H18. The first-order valence-corrected chi connectivity index (χ1v) is 5.11. The van der Waals surface area contributed by atoms with Crippen LogP contribution in [0, 0.1) is 47.4 Å². The van der Waals surface area contributed by atoms with Gasteiger partial charge >= 0.3 is 0 Å². The van der Waals surface area contributed by atoms with Gasteiger partial charge in [0.15, 0.2) is 0 Å². The second-order valence-electron chi connectivity index (χ2n) is 4.59. The van der Waals surface area contributed by atoms with Crippen molar-refractivity contribution >= 4 is 0 Å². The Bertz CT molecular complexity index is 316. The van der Waals surface area contributed by atoms with Crippen molar-refractivity contribution in [2.24, 2.45) is 23.2 Å². The summed E-state index contributed by atoms with van der Waals surface area (Å²) in [4.78, 5) is 0. The van der Waals surface area contributed by atoms with Crippen LogP contribution >= 0.6 is 0 Å². The van der Waals surface area contributed by atoms with E-state index in [2.05, 4.69) is 45.1 Å². The topological polar surface area (TPSA) is 0 Å². The van der Waals surface area contributed by atoms with Gasteiger partial charge in [-0.1, -0.05) is 44.6 Å². The van der Waals surface area contributed by atoms with Crippen LogP contribution in [0.5, 0.6) is 0 Å². The van der Waals surface area contributed by atoms with Crippen molar-refractivity contribution in [2.45, 2.75) is 27.2 Å². The third-order valence-electron chi connectivity index (χ3n) is 3.50. The molecule has 3 atom stereocenters. The second-order valence-corrected chi connectivity index (χ2v) is 4.59. The molecule has 14 heavy (non-hydrogen) atoms. The normalized spacial score (nSPS) is 29.3. The van der Waals surface area contributed by atoms with Gasteiger partial charge in [-0.2, -0.15) is 0 Å². The highest BCUT2D eigenvalue weighted by Crippen LogP contribution is 2.61. The molecule has 0 aromatic carbocycles. The average Bonchev–Trinajstić information content (AvgIpc) is 2.62. The summed E-state index contributed by atoms with van der Waals surface area (Å²) in [6.45, 7) is 10.4. The van der Waals surface area contributed by atoms with Crippen LogP contribution in [-0.4, -0.2) is 0 Å². The van der Waals surface area contributed by atoms with Crippen LogP contribution in [0.15, 0.2) is 12.7 Å². The zero-order valence-electron chi connectivity index (χ0n) is 9.30. The Hall–Kier alpha value is -1.14. The van der Waals surface area contributed by atoms with Gasteiger partial charge < -0.3 is 0 Å². The Labute approximate surface area is 87.8 Å². The Balaban J connectivity index is 2.64. The van der Waals surface area contributed by atoms with Gasteiger partial charge in [-0.25, -0.2) is 0 Å². The van der Waals surface area contributed by atoms with Crippen LogP contribution in [0.25, 0.3) is 0 Å². The molecule has 1 fully saturated rings. The first-order chi connectivity index (χ1) is 6.55. The zero-order chi connectivity index (χ0) is 10.8. The molecule has 0 amide bonds. The molecule has 0 spiro atoms. The minimum Gasteiger partial charge on any atom is -0.119 e. The molecule has 1 rings (SSSR count). The van der Waals surface area contributed by atoms with Crippen molar-refractivity contribution in [1.29, 1.82) is 0 Å². The molecule has 1 saturated carbocycles. The first-order valence-electron chi connectivity index (χ1n) is 5.11. The van der Waals surface area contributed by atoms with Crippen LogP contribution in [0.4, 0.5) is 0 Å². The number of terminal acetylenes is 1. The molecular weight excluding hydrogens is 168 g/mol. The van der Waals surface area contributed by atoms with E-state index in [1.165, 1.54) is 0 Å². The second kappa shape index (κ2) is 3.93. The number of hydrogen-bond acceptors (Lipinski definition) is 0. The van der Waals surface area contributed by atoms with Crippen molar-refractivity contribution in [3.8, 4) is 24.2 Å². The van der Waals surface area contributed by atoms with E-state index in [9.17, 15) is 0 Å². The largest absolute Gasteiger partial charge is 0.119 e. The van der Waals surface area contributed by atoms with Crippen molar-refractivity contribution in [3.05, 3.63) is 12.7 Å². The highest BCUT2D eigenvalue weighted by molar-refractivity contribution is 5.24. The maximum absolute atomic E-state index is 5.50. The number of allylic oxidation sites excluding steroid dienone is 1. The lowest BCUT2D eigenvalue weighted by molar-refractivity contribution is 0.521. The van der Waals surface area contributed by atoms with Crippen LogP contribution < -0.4 is 0 Å². The van der Waals surface area contributed by atoms with Crippen molar-refractivity contribution < 1.29 is 0 Å². The molecule has 3 unspecified atom stereocenters. The lowest BCUT2D eigenvalue weighted by Crippen LogP contribution is -2.02. The smallest absolute Gasteiger partial charge is 0.0844 e. The van der Waals surface area contributed by atoms with Crippen molar-refractivity contribution in [2.75, 3.05) is 0 Å². The minimum absolute atomic E-state index is 0.125. The molecule has 0 N–H and O–H groups in total. The Morgan fingerprint density at radius 1 is 1.57 bits per heavy atom. The standard InChI is InChI=1S/C14H18/c1-6-8-9-10-12(7-2)13-11(3)14(13,4)5/h2,6,11-13H,1,8H2,3-5H3. The highest BCUT2D eigenvalue weighted by Gasteiger charge is 2.57. The summed E-state index contributed by atoms with van der Waals surface area (Å²) in [7, 11) is 0. The van der Waals surface area contributed by atoms with E-state index >= 15 is 0 Å². The van der Waals surface area contributed by atoms with Gasteiger partial charge in [0.25, 0.3) is 0 Å². The molecule has 0 aromatic heterocycles. The van der Waals surface area contributed by atoms with Gasteiger partial charge in [0.1, 0.15) is 0 Å². The van der Waals surface area contributed by atoms with Crippen LogP contribution in [-0.2, 0) is 0 Å². The summed E-state index contributed by atoms with van der Waals surface area (Å²) in [5.74, 6) is 10.4. The predicted octanol–water partition coefficient (Wildman–Crippen LogP) is 3.11. The molecule has 1 aliphatic carbocycles. The fourth-order valence-corrected chi connectivity index (χ4v) is 2.13. The minimum atomic E-state index is 0.125. The Morgan fingerprint density at radius 2 is 2.14 bits per heavy atom. The molecule has 0 bridgehead atoms. The predicted molar refractivity (Wildman–Crippen MR) is 61.3 cm³/mol. The van der Waals surface area contributed by atoms with Gasteiger partial charge in [-0.05, 0) is 17.3 Å². The van der Waals surface area contributed by atoms with E-state index in [1.54, 1.807) is 0 Å². The summed E-state index contributed by atoms with van der Waals surface area (Å²) < 4.78 is 0. The molecule has 0 aliphatic heterocycles. The van der Waals surface area contributed by atoms with Crippen molar-refractivity contribution in [3.63, 3.8) is 0 Å². The summed E-state index contributed by atoms with van der Waals surface area (Å²) in [5, 5.41) is 0. The molecule has 0 saturated heterocycles.